The Hall–Kier alpha value is -1.36. The molecule has 1 fully saturated rings. The summed E-state index contributed by atoms with van der Waals surface area (Å²) in [5.74, 6) is 0.928. The number of rotatable bonds is 6. The van der Waals surface area contributed by atoms with Crippen LogP contribution in [-0.4, -0.2) is 23.2 Å². The Morgan fingerprint density at radius 3 is 2.48 bits per heavy atom. The average Bonchev–Trinajstić information content (AvgIpc) is 2.59. The van der Waals surface area contributed by atoms with E-state index in [0.29, 0.717) is 5.92 Å². The molecule has 1 aromatic rings. The minimum atomic E-state index is -0.522. The van der Waals surface area contributed by atoms with E-state index in [0.717, 1.165) is 31.2 Å². The number of alkyl carbamates (subject to hydrolysis) is 1. The van der Waals surface area contributed by atoms with Gasteiger partial charge in [0, 0.05) is 0 Å². The van der Waals surface area contributed by atoms with Gasteiger partial charge < -0.3 is 10.1 Å². The number of hydrogen-bond donors (Lipinski definition) is 1. The largest absolute Gasteiger partial charge is 0.445 e. The molecule has 126 valence electrons. The maximum atomic E-state index is 12.2. The first-order valence-corrected chi connectivity index (χ1v) is 9.28. The van der Waals surface area contributed by atoms with Crippen LogP contribution >= 0.6 is 15.9 Å². The number of amides is 1. The molecule has 23 heavy (non-hydrogen) atoms. The smallest absolute Gasteiger partial charge is 0.408 e. The summed E-state index contributed by atoms with van der Waals surface area (Å²) in [7, 11) is 0. The second-order valence-electron chi connectivity index (χ2n) is 6.30. The normalized spacial score (nSPS) is 22.2. The van der Waals surface area contributed by atoms with Crippen LogP contribution in [0.25, 0.3) is 0 Å². The molecule has 0 heterocycles. The first-order chi connectivity index (χ1) is 11.1. The lowest BCUT2D eigenvalue weighted by Crippen LogP contribution is -2.47. The van der Waals surface area contributed by atoms with Crippen LogP contribution in [0.4, 0.5) is 4.79 Å². The van der Waals surface area contributed by atoms with Crippen LogP contribution in [0.3, 0.4) is 0 Å². The first-order valence-electron chi connectivity index (χ1n) is 8.16. The Bertz CT molecular complexity index is 512. The van der Waals surface area contributed by atoms with E-state index in [-0.39, 0.29) is 23.6 Å². The van der Waals surface area contributed by atoms with Gasteiger partial charge in [-0.2, -0.15) is 0 Å². The molecule has 2 rings (SSSR count). The van der Waals surface area contributed by atoms with Crippen LogP contribution in [0.2, 0.25) is 0 Å². The molecule has 1 aromatic carbocycles. The zero-order chi connectivity index (χ0) is 16.7. The Morgan fingerprint density at radius 1 is 1.22 bits per heavy atom. The number of nitrogens with one attached hydrogen (secondary N) is 1. The fraction of sp³-hybridized carbons (Fsp3) is 0.556. The van der Waals surface area contributed by atoms with Crippen molar-refractivity contribution in [3.8, 4) is 0 Å². The lowest BCUT2D eigenvalue weighted by atomic mass is 9.78. The molecule has 1 aliphatic rings. The van der Waals surface area contributed by atoms with Crippen molar-refractivity contribution in [2.75, 3.05) is 5.33 Å². The molecule has 0 radical (unpaired) electrons. The fourth-order valence-corrected chi connectivity index (χ4v) is 3.40. The summed E-state index contributed by atoms with van der Waals surface area (Å²) >= 11 is 3.22. The molecular formula is C18H24BrNO3. The van der Waals surface area contributed by atoms with Crippen LogP contribution < -0.4 is 5.32 Å². The molecule has 1 N–H and O–H groups in total. The highest BCUT2D eigenvalue weighted by atomic mass is 79.9. The highest BCUT2D eigenvalue weighted by Crippen LogP contribution is 2.31. The first kappa shape index (κ1) is 18.0. The highest BCUT2D eigenvalue weighted by Gasteiger charge is 2.32. The van der Waals surface area contributed by atoms with Gasteiger partial charge >= 0.3 is 6.09 Å². The summed E-state index contributed by atoms with van der Waals surface area (Å²) in [6.45, 7) is 2.45. The van der Waals surface area contributed by atoms with E-state index in [1.54, 1.807) is 0 Å². The molecule has 0 aromatic heterocycles. The number of ketones is 1. The zero-order valence-electron chi connectivity index (χ0n) is 13.5. The van der Waals surface area contributed by atoms with Gasteiger partial charge in [0.25, 0.3) is 0 Å². The molecular weight excluding hydrogens is 358 g/mol. The van der Waals surface area contributed by atoms with E-state index in [1.165, 1.54) is 0 Å². The van der Waals surface area contributed by atoms with Gasteiger partial charge in [0.05, 0.1) is 11.4 Å². The number of benzene rings is 1. The van der Waals surface area contributed by atoms with Crippen LogP contribution in [0.5, 0.6) is 0 Å². The Morgan fingerprint density at radius 2 is 1.87 bits per heavy atom. The molecule has 0 spiro atoms. The standard InChI is InChI=1S/C18H24BrNO3/c1-13-7-9-15(10-8-13)17(16(21)11-19)20-18(22)23-12-14-5-3-2-4-6-14/h2-6,13,15,17H,7-12H2,1H3,(H,20,22)/t13?,15?,17-/m0/s1. The lowest BCUT2D eigenvalue weighted by Gasteiger charge is -2.31. The fourth-order valence-electron chi connectivity index (χ4n) is 3.06. The SMILES string of the molecule is CC1CCC([C@H](NC(=O)OCc2ccccc2)C(=O)CBr)CC1. The number of alkyl halides is 1. The monoisotopic (exact) mass is 381 g/mol. The molecule has 1 aliphatic carbocycles. The number of ether oxygens (including phenoxy) is 1. The third-order valence-corrected chi connectivity index (χ3v) is 5.05. The Kier molecular flexibility index (Phi) is 7.09. The molecule has 0 unspecified atom stereocenters. The van der Waals surface area contributed by atoms with Crippen molar-refractivity contribution in [1.29, 1.82) is 0 Å². The molecule has 0 aliphatic heterocycles. The van der Waals surface area contributed by atoms with Crippen molar-refractivity contribution >= 4 is 27.8 Å². The summed E-state index contributed by atoms with van der Waals surface area (Å²) in [6, 6.07) is 9.06. The van der Waals surface area contributed by atoms with Gasteiger partial charge in [0.1, 0.15) is 6.61 Å². The predicted molar refractivity (Wildman–Crippen MR) is 93.5 cm³/mol. The van der Waals surface area contributed by atoms with Gasteiger partial charge in [-0.25, -0.2) is 4.79 Å². The second-order valence-corrected chi connectivity index (χ2v) is 6.86. The third-order valence-electron chi connectivity index (χ3n) is 4.50. The summed E-state index contributed by atoms with van der Waals surface area (Å²) in [6.07, 6.45) is 3.65. The maximum Gasteiger partial charge on any atom is 0.408 e. The highest BCUT2D eigenvalue weighted by molar-refractivity contribution is 9.09. The van der Waals surface area contributed by atoms with Crippen LogP contribution in [0, 0.1) is 11.8 Å². The number of halogens is 1. The average molecular weight is 382 g/mol. The number of carbonyl (C=O) groups is 2. The van der Waals surface area contributed by atoms with Gasteiger partial charge in [0.15, 0.2) is 5.78 Å². The van der Waals surface area contributed by atoms with Crippen molar-refractivity contribution in [2.24, 2.45) is 11.8 Å². The van der Waals surface area contributed by atoms with E-state index >= 15 is 0 Å². The van der Waals surface area contributed by atoms with Crippen molar-refractivity contribution in [1.82, 2.24) is 5.32 Å². The van der Waals surface area contributed by atoms with E-state index in [1.807, 2.05) is 30.3 Å². The van der Waals surface area contributed by atoms with E-state index in [9.17, 15) is 9.59 Å². The van der Waals surface area contributed by atoms with Crippen LogP contribution in [0.1, 0.15) is 38.2 Å². The number of Topliss-reactive ketones (excluding diaryl/α,β-unsaturated/α-hetero) is 1. The van der Waals surface area contributed by atoms with E-state index in [4.69, 9.17) is 4.74 Å². The molecule has 0 saturated heterocycles. The Balaban J connectivity index is 1.89. The molecule has 4 nitrogen and oxygen atoms in total. The topological polar surface area (TPSA) is 55.4 Å². The number of hydrogen-bond acceptors (Lipinski definition) is 3. The summed E-state index contributed by atoms with van der Waals surface area (Å²) < 4.78 is 5.25. The van der Waals surface area contributed by atoms with Crippen molar-refractivity contribution in [2.45, 2.75) is 45.3 Å². The minimum Gasteiger partial charge on any atom is -0.445 e. The summed E-state index contributed by atoms with van der Waals surface area (Å²) in [5.41, 5.74) is 0.928. The predicted octanol–water partition coefficient (Wildman–Crippen LogP) is 4.07. The summed E-state index contributed by atoms with van der Waals surface area (Å²) in [4.78, 5) is 24.2. The van der Waals surface area contributed by atoms with Gasteiger partial charge in [-0.1, -0.05) is 66.0 Å². The van der Waals surface area contributed by atoms with Gasteiger partial charge in [0.2, 0.25) is 0 Å². The molecule has 1 atom stereocenters. The van der Waals surface area contributed by atoms with Crippen molar-refractivity contribution < 1.29 is 14.3 Å². The lowest BCUT2D eigenvalue weighted by molar-refractivity contribution is -0.120. The van der Waals surface area contributed by atoms with Crippen molar-refractivity contribution in [3.63, 3.8) is 0 Å². The van der Waals surface area contributed by atoms with Crippen molar-refractivity contribution in [3.05, 3.63) is 35.9 Å². The summed E-state index contributed by atoms with van der Waals surface area (Å²) in [5, 5.41) is 3.03. The van der Waals surface area contributed by atoms with Crippen LogP contribution in [-0.2, 0) is 16.1 Å². The van der Waals surface area contributed by atoms with Gasteiger partial charge in [-0.05, 0) is 30.2 Å². The molecule has 0 bridgehead atoms. The third kappa shape index (κ3) is 5.65. The quantitative estimate of drug-likeness (QED) is 0.755. The molecule has 1 amide bonds. The van der Waals surface area contributed by atoms with E-state index in [2.05, 4.69) is 28.2 Å². The number of carbonyl (C=O) groups excluding carboxylic acids is 2. The molecule has 5 heteroatoms. The van der Waals surface area contributed by atoms with Gasteiger partial charge in [-0.3, -0.25) is 4.79 Å². The minimum absolute atomic E-state index is 0.0150. The van der Waals surface area contributed by atoms with Crippen LogP contribution in [0.15, 0.2) is 30.3 Å². The molecule has 1 saturated carbocycles. The Labute approximate surface area is 146 Å². The maximum absolute atomic E-state index is 12.2. The van der Waals surface area contributed by atoms with E-state index < -0.39 is 12.1 Å². The second kappa shape index (κ2) is 9.06. The van der Waals surface area contributed by atoms with Gasteiger partial charge in [-0.15, -0.1) is 0 Å². The zero-order valence-corrected chi connectivity index (χ0v) is 15.1.